The summed E-state index contributed by atoms with van der Waals surface area (Å²) >= 11 is 1.20. The Morgan fingerprint density at radius 2 is 1.71 bits per heavy atom. The number of para-hydroxylation sites is 1. The van der Waals surface area contributed by atoms with E-state index < -0.39 is 0 Å². The molecule has 178 valence electrons. The van der Waals surface area contributed by atoms with Crippen LogP contribution in [0.4, 0.5) is 5.69 Å². The van der Waals surface area contributed by atoms with Crippen molar-refractivity contribution in [3.05, 3.63) is 93.8 Å². The topological polar surface area (TPSA) is 84.3 Å². The lowest BCUT2D eigenvalue weighted by Gasteiger charge is -2.15. The van der Waals surface area contributed by atoms with Gasteiger partial charge in [0.15, 0.2) is 5.16 Å². The molecule has 1 N–H and O–H groups in total. The van der Waals surface area contributed by atoms with Crippen molar-refractivity contribution >= 4 is 40.2 Å². The molecule has 4 rings (SSSR count). The molecule has 0 spiro atoms. The SMILES string of the molecule is Cc1ccc(-n2c(SCC(=O)Nc3ccc(C(=O)N(C)C)cc3)nc3ccccc3c2=O)c(C)c1. The van der Waals surface area contributed by atoms with Gasteiger partial charge < -0.3 is 10.2 Å². The quantitative estimate of drug-likeness (QED) is 0.322. The van der Waals surface area contributed by atoms with E-state index in [1.165, 1.54) is 16.7 Å². The standard InChI is InChI=1S/C27H26N4O3S/c1-17-9-14-23(18(2)15-17)31-26(34)21-7-5-6-8-22(21)29-27(31)35-16-24(32)28-20-12-10-19(11-13-20)25(33)30(3)4/h5-15H,16H2,1-4H3,(H,28,32). The number of benzene rings is 3. The molecule has 0 aliphatic carbocycles. The first-order chi connectivity index (χ1) is 16.7. The highest BCUT2D eigenvalue weighted by Gasteiger charge is 2.16. The summed E-state index contributed by atoms with van der Waals surface area (Å²) in [4.78, 5) is 44.4. The number of carbonyl (C=O) groups excluding carboxylic acids is 2. The number of rotatable bonds is 6. The predicted molar refractivity (Wildman–Crippen MR) is 141 cm³/mol. The van der Waals surface area contributed by atoms with Crippen LogP contribution in [0.2, 0.25) is 0 Å². The van der Waals surface area contributed by atoms with E-state index in [-0.39, 0.29) is 23.1 Å². The molecular formula is C27H26N4O3S. The summed E-state index contributed by atoms with van der Waals surface area (Å²) in [5, 5.41) is 3.81. The van der Waals surface area contributed by atoms with Crippen LogP contribution in [0.5, 0.6) is 0 Å². The van der Waals surface area contributed by atoms with Crippen molar-refractivity contribution in [2.24, 2.45) is 0 Å². The number of hydrogen-bond donors (Lipinski definition) is 1. The largest absolute Gasteiger partial charge is 0.345 e. The fraction of sp³-hybridized carbons (Fsp3) is 0.185. The molecule has 3 aromatic carbocycles. The van der Waals surface area contributed by atoms with Gasteiger partial charge >= 0.3 is 0 Å². The number of fused-ring (bicyclic) bond motifs is 1. The number of nitrogens with one attached hydrogen (secondary N) is 1. The lowest BCUT2D eigenvalue weighted by Crippen LogP contribution is -2.23. The highest BCUT2D eigenvalue weighted by atomic mass is 32.2. The second-order valence-electron chi connectivity index (χ2n) is 8.46. The summed E-state index contributed by atoms with van der Waals surface area (Å²) in [5.41, 5.74) is 4.32. The van der Waals surface area contributed by atoms with Crippen LogP contribution in [0.15, 0.2) is 76.7 Å². The predicted octanol–water partition coefficient (Wildman–Crippen LogP) is 4.44. The minimum atomic E-state index is -0.240. The summed E-state index contributed by atoms with van der Waals surface area (Å²) in [6, 6.07) is 19.8. The summed E-state index contributed by atoms with van der Waals surface area (Å²) in [7, 11) is 3.38. The van der Waals surface area contributed by atoms with Crippen molar-refractivity contribution in [3.63, 3.8) is 0 Å². The fourth-order valence-electron chi connectivity index (χ4n) is 3.76. The van der Waals surface area contributed by atoms with Crippen molar-refractivity contribution in [2.75, 3.05) is 25.2 Å². The lowest BCUT2D eigenvalue weighted by atomic mass is 10.1. The normalized spacial score (nSPS) is 10.9. The summed E-state index contributed by atoms with van der Waals surface area (Å²) in [6.45, 7) is 3.96. The van der Waals surface area contributed by atoms with Gasteiger partial charge in [0.2, 0.25) is 5.91 Å². The van der Waals surface area contributed by atoms with Crippen LogP contribution in [0.3, 0.4) is 0 Å². The molecule has 1 aromatic heterocycles. The first-order valence-corrected chi connectivity index (χ1v) is 12.1. The second-order valence-corrected chi connectivity index (χ2v) is 9.40. The Kier molecular flexibility index (Phi) is 7.02. The molecular weight excluding hydrogens is 460 g/mol. The Labute approximate surface area is 207 Å². The van der Waals surface area contributed by atoms with E-state index in [2.05, 4.69) is 5.32 Å². The summed E-state index contributed by atoms with van der Waals surface area (Å²) in [6.07, 6.45) is 0. The Morgan fingerprint density at radius 3 is 2.40 bits per heavy atom. The number of aromatic nitrogens is 2. The number of aryl methyl sites for hydroxylation is 2. The third-order valence-corrected chi connectivity index (χ3v) is 6.43. The smallest absolute Gasteiger partial charge is 0.266 e. The Balaban J connectivity index is 1.60. The van der Waals surface area contributed by atoms with Crippen LogP contribution in [-0.4, -0.2) is 46.1 Å². The minimum absolute atomic E-state index is 0.0636. The van der Waals surface area contributed by atoms with Gasteiger partial charge in [0, 0.05) is 25.3 Å². The van der Waals surface area contributed by atoms with Gasteiger partial charge in [0.1, 0.15) is 0 Å². The van der Waals surface area contributed by atoms with Crippen LogP contribution in [0.25, 0.3) is 16.6 Å². The molecule has 7 nitrogen and oxygen atoms in total. The second kappa shape index (κ2) is 10.1. The molecule has 0 radical (unpaired) electrons. The molecule has 2 amide bonds. The first-order valence-electron chi connectivity index (χ1n) is 11.1. The number of carbonyl (C=O) groups is 2. The van der Waals surface area contributed by atoms with Gasteiger partial charge in [-0.05, 0) is 61.9 Å². The molecule has 0 fully saturated rings. The van der Waals surface area contributed by atoms with Crippen molar-refractivity contribution in [1.82, 2.24) is 14.5 Å². The molecule has 0 aliphatic rings. The van der Waals surface area contributed by atoms with Crippen molar-refractivity contribution in [2.45, 2.75) is 19.0 Å². The number of thioether (sulfide) groups is 1. The summed E-state index contributed by atoms with van der Waals surface area (Å²) < 4.78 is 1.58. The average molecular weight is 487 g/mol. The van der Waals surface area contributed by atoms with Crippen molar-refractivity contribution in [1.29, 1.82) is 0 Å². The van der Waals surface area contributed by atoms with Gasteiger partial charge in [-0.15, -0.1) is 0 Å². The fourth-order valence-corrected chi connectivity index (χ4v) is 4.57. The maximum absolute atomic E-state index is 13.4. The molecule has 0 unspecified atom stereocenters. The monoisotopic (exact) mass is 486 g/mol. The Bertz CT molecular complexity index is 1480. The van der Waals surface area contributed by atoms with Gasteiger partial charge in [-0.1, -0.05) is 41.6 Å². The van der Waals surface area contributed by atoms with E-state index in [1.807, 2.05) is 44.2 Å². The van der Waals surface area contributed by atoms with E-state index in [0.717, 1.165) is 16.8 Å². The third-order valence-electron chi connectivity index (χ3n) is 5.49. The zero-order valence-corrected chi connectivity index (χ0v) is 20.8. The summed E-state index contributed by atoms with van der Waals surface area (Å²) in [5.74, 6) is -0.282. The molecule has 0 aliphatic heterocycles. The third kappa shape index (κ3) is 5.27. The van der Waals surface area contributed by atoms with E-state index in [0.29, 0.717) is 27.3 Å². The highest BCUT2D eigenvalue weighted by molar-refractivity contribution is 7.99. The first kappa shape index (κ1) is 24.2. The maximum atomic E-state index is 13.4. The van der Waals surface area contributed by atoms with Crippen LogP contribution in [0.1, 0.15) is 21.5 Å². The zero-order valence-electron chi connectivity index (χ0n) is 20.0. The molecule has 8 heteroatoms. The molecule has 4 aromatic rings. The molecule has 35 heavy (non-hydrogen) atoms. The van der Waals surface area contributed by atoms with Crippen LogP contribution in [0, 0.1) is 13.8 Å². The maximum Gasteiger partial charge on any atom is 0.266 e. The number of amides is 2. The van der Waals surface area contributed by atoms with Gasteiger partial charge in [0.25, 0.3) is 11.5 Å². The van der Waals surface area contributed by atoms with Gasteiger partial charge in [0.05, 0.1) is 22.3 Å². The average Bonchev–Trinajstić information content (AvgIpc) is 2.83. The van der Waals surface area contributed by atoms with E-state index in [4.69, 9.17) is 4.98 Å². The number of nitrogens with zero attached hydrogens (tertiary/aromatic N) is 3. The van der Waals surface area contributed by atoms with Crippen LogP contribution >= 0.6 is 11.8 Å². The Morgan fingerprint density at radius 1 is 1.00 bits per heavy atom. The number of anilines is 1. The molecule has 0 saturated carbocycles. The zero-order chi connectivity index (χ0) is 25.1. The molecule has 0 atom stereocenters. The highest BCUT2D eigenvalue weighted by Crippen LogP contribution is 2.24. The van der Waals surface area contributed by atoms with Gasteiger partial charge in [-0.25, -0.2) is 4.98 Å². The minimum Gasteiger partial charge on any atom is -0.345 e. The van der Waals surface area contributed by atoms with Gasteiger partial charge in [-0.3, -0.25) is 19.0 Å². The van der Waals surface area contributed by atoms with Crippen LogP contribution in [-0.2, 0) is 4.79 Å². The van der Waals surface area contributed by atoms with E-state index in [1.54, 1.807) is 55.1 Å². The molecule has 1 heterocycles. The van der Waals surface area contributed by atoms with Crippen LogP contribution < -0.4 is 10.9 Å². The number of hydrogen-bond acceptors (Lipinski definition) is 5. The van der Waals surface area contributed by atoms with Crippen molar-refractivity contribution < 1.29 is 9.59 Å². The molecule has 0 bridgehead atoms. The lowest BCUT2D eigenvalue weighted by molar-refractivity contribution is -0.113. The Hall–Kier alpha value is -3.91. The van der Waals surface area contributed by atoms with Gasteiger partial charge in [-0.2, -0.15) is 0 Å². The molecule has 0 saturated heterocycles. The van der Waals surface area contributed by atoms with Crippen molar-refractivity contribution in [3.8, 4) is 5.69 Å². The van der Waals surface area contributed by atoms with E-state index in [9.17, 15) is 14.4 Å². The van der Waals surface area contributed by atoms with E-state index >= 15 is 0 Å².